The van der Waals surface area contributed by atoms with E-state index in [1.54, 1.807) is 0 Å². The molecular weight excluding hydrogens is 425 g/mol. The minimum absolute atomic E-state index is 0.0548. The maximum absolute atomic E-state index is 12.9. The highest BCUT2D eigenvalue weighted by molar-refractivity contribution is 5.77. The first-order valence-electron chi connectivity index (χ1n) is 11.6. The highest BCUT2D eigenvalue weighted by Crippen LogP contribution is 2.40. The van der Waals surface area contributed by atoms with Crippen LogP contribution in [0.25, 0.3) is 0 Å². The molecule has 1 amide bonds. The Morgan fingerprint density at radius 3 is 2.75 bits per heavy atom. The van der Waals surface area contributed by atoms with E-state index >= 15 is 0 Å². The number of alkyl halides is 3. The van der Waals surface area contributed by atoms with Crippen molar-refractivity contribution < 1.29 is 27.4 Å². The molecule has 3 atom stereocenters. The van der Waals surface area contributed by atoms with Gasteiger partial charge < -0.3 is 19.4 Å². The summed E-state index contributed by atoms with van der Waals surface area (Å²) in [7, 11) is 0. The lowest BCUT2D eigenvalue weighted by atomic mass is 9.78. The van der Waals surface area contributed by atoms with Gasteiger partial charge in [-0.15, -0.1) is 0 Å². The number of halogens is 3. The van der Waals surface area contributed by atoms with Crippen LogP contribution in [0.15, 0.2) is 6.20 Å². The van der Waals surface area contributed by atoms with Crippen molar-refractivity contribution in [1.82, 2.24) is 19.8 Å². The third kappa shape index (κ3) is 4.54. The topological polar surface area (TPSA) is 70.7 Å². The number of hydrogen-bond donors (Lipinski definition) is 1. The van der Waals surface area contributed by atoms with Crippen LogP contribution in [0.2, 0.25) is 0 Å². The number of ether oxygens (including phenoxy) is 2. The highest BCUT2D eigenvalue weighted by Gasteiger charge is 2.44. The number of nitrogens with one attached hydrogen (secondary N) is 1. The van der Waals surface area contributed by atoms with Gasteiger partial charge in [-0.05, 0) is 43.6 Å². The molecule has 4 saturated heterocycles. The van der Waals surface area contributed by atoms with E-state index in [1.165, 1.54) is 0 Å². The number of likely N-dealkylation sites (tertiary alicyclic amines) is 2. The fourth-order valence-electron chi connectivity index (χ4n) is 5.89. The average Bonchev–Trinajstić information content (AvgIpc) is 3.49. The summed E-state index contributed by atoms with van der Waals surface area (Å²) in [5.41, 5.74) is -0.526. The summed E-state index contributed by atoms with van der Waals surface area (Å²) in [4.78, 5) is 23.3. The standard InChI is InChI=1S/C22H31F3N4O3/c23-22(24,25)18-10-26-19(27-18)12-28-5-1-16-15(11-28)13-32-17(16)9-20(30)29-6-2-21(3-7-29)4-8-31-14-21/h10,15-17H,1-9,11-14H2,(H,26,27)/t15-,16-,17+/m1/s1. The van der Waals surface area contributed by atoms with E-state index in [-0.39, 0.29) is 17.4 Å². The second kappa shape index (κ2) is 8.61. The van der Waals surface area contributed by atoms with Crippen LogP contribution >= 0.6 is 0 Å². The maximum Gasteiger partial charge on any atom is 0.432 e. The molecule has 0 aliphatic carbocycles. The van der Waals surface area contributed by atoms with E-state index in [2.05, 4.69) is 14.9 Å². The smallest absolute Gasteiger partial charge is 0.381 e. The molecular formula is C22H31F3N4O3. The molecule has 0 aromatic carbocycles. The first-order chi connectivity index (χ1) is 15.3. The molecule has 0 radical (unpaired) electrons. The van der Waals surface area contributed by atoms with Gasteiger partial charge in [0.1, 0.15) is 11.5 Å². The second-order valence-corrected chi connectivity index (χ2v) is 9.95. The largest absolute Gasteiger partial charge is 0.432 e. The SMILES string of the molecule is O=C(C[C@@H]1OC[C@H]2CN(Cc3ncc(C(F)(F)F)[nH]3)CC[C@H]21)N1CCC2(CCOC2)CC1. The predicted molar refractivity (Wildman–Crippen MR) is 109 cm³/mol. The van der Waals surface area contributed by atoms with E-state index in [4.69, 9.17) is 9.47 Å². The lowest BCUT2D eigenvalue weighted by Gasteiger charge is -2.39. The van der Waals surface area contributed by atoms with Crippen molar-refractivity contribution >= 4 is 5.91 Å². The van der Waals surface area contributed by atoms with Gasteiger partial charge in [-0.3, -0.25) is 9.69 Å². The van der Waals surface area contributed by atoms with Crippen LogP contribution in [-0.4, -0.2) is 77.8 Å². The number of rotatable bonds is 4. The normalized spacial score (nSPS) is 30.7. The van der Waals surface area contributed by atoms with E-state index in [0.717, 1.165) is 71.3 Å². The Bertz CT molecular complexity index is 814. The molecule has 4 fully saturated rings. The number of H-pyrrole nitrogens is 1. The zero-order chi connectivity index (χ0) is 22.3. The van der Waals surface area contributed by atoms with Crippen molar-refractivity contribution in [1.29, 1.82) is 0 Å². The molecule has 1 N–H and O–H groups in total. The molecule has 4 aliphatic rings. The second-order valence-electron chi connectivity index (χ2n) is 9.95. The van der Waals surface area contributed by atoms with Crippen LogP contribution in [0.1, 0.15) is 43.6 Å². The number of carbonyl (C=O) groups excluding carboxylic acids is 1. The monoisotopic (exact) mass is 456 g/mol. The third-order valence-electron chi connectivity index (χ3n) is 7.92. The number of hydrogen-bond acceptors (Lipinski definition) is 5. The summed E-state index contributed by atoms with van der Waals surface area (Å²) in [5, 5.41) is 0. The van der Waals surface area contributed by atoms with Crippen LogP contribution in [-0.2, 0) is 27.0 Å². The van der Waals surface area contributed by atoms with Crippen molar-refractivity contribution in [3.63, 3.8) is 0 Å². The van der Waals surface area contributed by atoms with Crippen molar-refractivity contribution in [2.24, 2.45) is 17.3 Å². The summed E-state index contributed by atoms with van der Waals surface area (Å²) in [5.74, 6) is 1.15. The van der Waals surface area contributed by atoms with Crippen LogP contribution in [0.3, 0.4) is 0 Å². The van der Waals surface area contributed by atoms with Gasteiger partial charge in [0.15, 0.2) is 0 Å². The molecule has 1 aromatic rings. The molecule has 1 aromatic heterocycles. The molecule has 32 heavy (non-hydrogen) atoms. The summed E-state index contributed by atoms with van der Waals surface area (Å²) in [6.45, 7) is 5.77. The first-order valence-corrected chi connectivity index (χ1v) is 11.6. The van der Waals surface area contributed by atoms with Gasteiger partial charge in [-0.1, -0.05) is 0 Å². The van der Waals surface area contributed by atoms with Crippen molar-refractivity contribution in [2.45, 2.75) is 50.9 Å². The van der Waals surface area contributed by atoms with Gasteiger partial charge >= 0.3 is 6.18 Å². The van der Waals surface area contributed by atoms with E-state index in [9.17, 15) is 18.0 Å². The van der Waals surface area contributed by atoms with Gasteiger partial charge in [-0.25, -0.2) is 4.98 Å². The molecule has 1 spiro atoms. The third-order valence-corrected chi connectivity index (χ3v) is 7.92. The number of imidazole rings is 1. The Morgan fingerprint density at radius 2 is 2.06 bits per heavy atom. The molecule has 10 heteroatoms. The number of amides is 1. The molecule has 0 saturated carbocycles. The van der Waals surface area contributed by atoms with Gasteiger partial charge in [0.25, 0.3) is 0 Å². The van der Waals surface area contributed by atoms with Crippen LogP contribution in [0.5, 0.6) is 0 Å². The van der Waals surface area contributed by atoms with Gasteiger partial charge in [0.2, 0.25) is 5.91 Å². The maximum atomic E-state index is 12.9. The number of aromatic amines is 1. The Hall–Kier alpha value is -1.65. The van der Waals surface area contributed by atoms with E-state index < -0.39 is 11.9 Å². The minimum Gasteiger partial charge on any atom is -0.381 e. The fraction of sp³-hybridized carbons (Fsp3) is 0.818. The Balaban J connectivity index is 1.10. The van der Waals surface area contributed by atoms with Crippen molar-refractivity contribution in [3.05, 3.63) is 17.7 Å². The summed E-state index contributed by atoms with van der Waals surface area (Å²) < 4.78 is 49.9. The molecule has 0 bridgehead atoms. The molecule has 0 unspecified atom stereocenters. The molecule has 7 nitrogen and oxygen atoms in total. The number of carbonyl (C=O) groups is 1. The molecule has 5 heterocycles. The lowest BCUT2D eigenvalue weighted by molar-refractivity contribution is -0.141. The van der Waals surface area contributed by atoms with Crippen molar-refractivity contribution in [2.75, 3.05) is 46.0 Å². The zero-order valence-corrected chi connectivity index (χ0v) is 18.2. The Kier molecular flexibility index (Phi) is 5.96. The Morgan fingerprint density at radius 1 is 1.25 bits per heavy atom. The summed E-state index contributed by atoms with van der Waals surface area (Å²) >= 11 is 0. The molecule has 5 rings (SSSR count). The number of piperidine rings is 2. The van der Waals surface area contributed by atoms with Crippen LogP contribution in [0, 0.1) is 17.3 Å². The number of nitrogens with zero attached hydrogens (tertiary/aromatic N) is 3. The first kappa shape index (κ1) is 22.2. The quantitative estimate of drug-likeness (QED) is 0.755. The lowest BCUT2D eigenvalue weighted by Crippen LogP contribution is -2.45. The number of fused-ring (bicyclic) bond motifs is 1. The van der Waals surface area contributed by atoms with E-state index in [0.29, 0.717) is 37.2 Å². The van der Waals surface area contributed by atoms with E-state index in [1.807, 2.05) is 4.90 Å². The van der Waals surface area contributed by atoms with Crippen molar-refractivity contribution in [3.8, 4) is 0 Å². The van der Waals surface area contributed by atoms with Gasteiger partial charge in [0.05, 0.1) is 38.5 Å². The predicted octanol–water partition coefficient (Wildman–Crippen LogP) is 2.68. The fourth-order valence-corrected chi connectivity index (χ4v) is 5.89. The Labute approximate surface area is 185 Å². The van der Waals surface area contributed by atoms with Crippen LogP contribution < -0.4 is 0 Å². The summed E-state index contributed by atoms with van der Waals surface area (Å²) in [6, 6.07) is 0. The highest BCUT2D eigenvalue weighted by atomic mass is 19.4. The number of aromatic nitrogens is 2. The minimum atomic E-state index is -4.41. The average molecular weight is 457 g/mol. The molecule has 178 valence electrons. The van der Waals surface area contributed by atoms with Crippen LogP contribution in [0.4, 0.5) is 13.2 Å². The van der Waals surface area contributed by atoms with Gasteiger partial charge in [-0.2, -0.15) is 13.2 Å². The summed E-state index contributed by atoms with van der Waals surface area (Å²) in [6.07, 6.45) is 0.856. The molecule has 4 aliphatic heterocycles. The van der Waals surface area contributed by atoms with Gasteiger partial charge in [0, 0.05) is 32.2 Å². The zero-order valence-electron chi connectivity index (χ0n) is 18.2.